The van der Waals surface area contributed by atoms with Crippen LogP contribution < -0.4 is 5.32 Å². The van der Waals surface area contributed by atoms with Crippen LogP contribution >= 0.6 is 0 Å². The number of nitrogens with zero attached hydrogens (tertiary/aromatic N) is 1. The molecular formula is C14H24N2O2S. The third-order valence-electron chi connectivity index (χ3n) is 3.11. The molecule has 19 heavy (non-hydrogen) atoms. The number of hydrogen-bond acceptors (Lipinski definition) is 3. The van der Waals surface area contributed by atoms with E-state index >= 15 is 0 Å². The predicted molar refractivity (Wildman–Crippen MR) is 79.7 cm³/mol. The lowest BCUT2D eigenvalue weighted by atomic mass is 10.2. The van der Waals surface area contributed by atoms with Gasteiger partial charge in [0.05, 0.1) is 5.75 Å². The zero-order valence-electron chi connectivity index (χ0n) is 11.8. The number of rotatable bonds is 9. The van der Waals surface area contributed by atoms with Crippen LogP contribution in [0.4, 0.5) is 0 Å². The van der Waals surface area contributed by atoms with Gasteiger partial charge in [0, 0.05) is 13.6 Å². The summed E-state index contributed by atoms with van der Waals surface area (Å²) in [6.07, 6.45) is 2.36. The van der Waals surface area contributed by atoms with E-state index in [0.717, 1.165) is 19.4 Å². The predicted octanol–water partition coefficient (Wildman–Crippen LogP) is 1.49. The molecule has 0 amide bonds. The van der Waals surface area contributed by atoms with Crippen LogP contribution in [0.15, 0.2) is 30.3 Å². The summed E-state index contributed by atoms with van der Waals surface area (Å²) in [7, 11) is 0.433. The lowest BCUT2D eigenvalue weighted by Gasteiger charge is -2.17. The van der Waals surface area contributed by atoms with Crippen molar-refractivity contribution >= 4 is 10.0 Å². The van der Waals surface area contributed by atoms with E-state index in [0.29, 0.717) is 13.0 Å². The fourth-order valence-electron chi connectivity index (χ4n) is 1.81. The van der Waals surface area contributed by atoms with E-state index in [2.05, 4.69) is 5.32 Å². The Bertz CT molecular complexity index is 446. The van der Waals surface area contributed by atoms with Gasteiger partial charge in [-0.3, -0.25) is 0 Å². The molecule has 1 rings (SSSR count). The topological polar surface area (TPSA) is 49.4 Å². The van der Waals surface area contributed by atoms with Crippen LogP contribution in [0.1, 0.15) is 18.4 Å². The average Bonchev–Trinajstić information content (AvgIpc) is 2.42. The summed E-state index contributed by atoms with van der Waals surface area (Å²) in [4.78, 5) is 0. The van der Waals surface area contributed by atoms with Crippen LogP contribution in [-0.4, -0.2) is 45.7 Å². The quantitative estimate of drug-likeness (QED) is 0.699. The summed E-state index contributed by atoms with van der Waals surface area (Å²) in [5, 5.41) is 3.02. The fourth-order valence-corrected chi connectivity index (χ4v) is 3.06. The summed E-state index contributed by atoms with van der Waals surface area (Å²) in [6.45, 7) is 1.40. The minimum atomic E-state index is -3.11. The molecule has 0 aliphatic rings. The Balaban J connectivity index is 2.37. The van der Waals surface area contributed by atoms with Gasteiger partial charge in [-0.25, -0.2) is 12.7 Å². The van der Waals surface area contributed by atoms with E-state index in [1.807, 2.05) is 37.4 Å². The molecule has 0 aliphatic heterocycles. The minimum Gasteiger partial charge on any atom is -0.320 e. The Hall–Kier alpha value is -0.910. The molecule has 0 heterocycles. The third kappa shape index (κ3) is 6.18. The second kappa shape index (κ2) is 8.30. The van der Waals surface area contributed by atoms with Gasteiger partial charge in [-0.1, -0.05) is 30.3 Å². The molecule has 0 saturated heterocycles. The maximum absolute atomic E-state index is 12.0. The van der Waals surface area contributed by atoms with Crippen LogP contribution in [0.3, 0.4) is 0 Å². The molecule has 0 unspecified atom stereocenters. The van der Waals surface area contributed by atoms with Crippen molar-refractivity contribution in [2.75, 3.05) is 32.9 Å². The van der Waals surface area contributed by atoms with E-state index < -0.39 is 10.0 Å². The Morgan fingerprint density at radius 3 is 2.47 bits per heavy atom. The largest absolute Gasteiger partial charge is 0.320 e. The van der Waals surface area contributed by atoms with Gasteiger partial charge in [0.15, 0.2) is 0 Å². The number of nitrogens with one attached hydrogen (secondary N) is 1. The van der Waals surface area contributed by atoms with E-state index in [9.17, 15) is 8.42 Å². The third-order valence-corrected chi connectivity index (χ3v) is 5.05. The monoisotopic (exact) mass is 284 g/mol. The first-order valence-electron chi connectivity index (χ1n) is 6.69. The molecule has 0 atom stereocenters. The number of benzene rings is 1. The van der Waals surface area contributed by atoms with Gasteiger partial charge < -0.3 is 5.32 Å². The summed E-state index contributed by atoms with van der Waals surface area (Å²) in [6, 6.07) is 9.95. The highest BCUT2D eigenvalue weighted by Gasteiger charge is 2.16. The normalized spacial score (nSPS) is 11.9. The molecule has 4 nitrogen and oxygen atoms in total. The van der Waals surface area contributed by atoms with Gasteiger partial charge in [0.1, 0.15) is 0 Å². The second-order valence-corrected chi connectivity index (χ2v) is 6.88. The van der Waals surface area contributed by atoms with Gasteiger partial charge >= 0.3 is 0 Å². The van der Waals surface area contributed by atoms with Gasteiger partial charge in [-0.2, -0.15) is 0 Å². The highest BCUT2D eigenvalue weighted by molar-refractivity contribution is 7.89. The van der Waals surface area contributed by atoms with Gasteiger partial charge in [-0.05, 0) is 38.4 Å². The van der Waals surface area contributed by atoms with E-state index in [1.54, 1.807) is 7.05 Å². The molecule has 1 N–H and O–H groups in total. The molecule has 0 saturated carbocycles. The van der Waals surface area contributed by atoms with E-state index in [1.165, 1.54) is 9.87 Å². The molecular weight excluding hydrogens is 260 g/mol. The molecule has 0 aliphatic carbocycles. The molecule has 0 bridgehead atoms. The van der Waals surface area contributed by atoms with Crippen molar-refractivity contribution in [3.8, 4) is 0 Å². The molecule has 108 valence electrons. The number of likely N-dealkylation sites (N-methyl/N-ethyl adjacent to an activating group) is 1. The van der Waals surface area contributed by atoms with E-state index in [4.69, 9.17) is 0 Å². The lowest BCUT2D eigenvalue weighted by Crippen LogP contribution is -2.31. The first-order chi connectivity index (χ1) is 9.06. The molecule has 1 aromatic carbocycles. The molecule has 1 aromatic rings. The Morgan fingerprint density at radius 2 is 1.84 bits per heavy atom. The van der Waals surface area contributed by atoms with Gasteiger partial charge in [0.25, 0.3) is 0 Å². The van der Waals surface area contributed by atoms with Crippen LogP contribution in [0.25, 0.3) is 0 Å². The van der Waals surface area contributed by atoms with Crippen molar-refractivity contribution < 1.29 is 8.42 Å². The Labute approximate surface area is 116 Å². The van der Waals surface area contributed by atoms with Gasteiger partial charge in [0.2, 0.25) is 10.0 Å². The van der Waals surface area contributed by atoms with Crippen molar-refractivity contribution in [1.29, 1.82) is 0 Å². The maximum atomic E-state index is 12.0. The van der Waals surface area contributed by atoms with Gasteiger partial charge in [-0.15, -0.1) is 0 Å². The van der Waals surface area contributed by atoms with Crippen LogP contribution in [0.2, 0.25) is 0 Å². The number of hydrogen-bond donors (Lipinski definition) is 1. The van der Waals surface area contributed by atoms with Crippen molar-refractivity contribution in [2.24, 2.45) is 0 Å². The highest BCUT2D eigenvalue weighted by atomic mass is 32.2. The molecule has 0 radical (unpaired) electrons. The second-order valence-electron chi connectivity index (χ2n) is 4.68. The van der Waals surface area contributed by atoms with E-state index in [-0.39, 0.29) is 5.75 Å². The van der Waals surface area contributed by atoms with Crippen molar-refractivity contribution in [2.45, 2.75) is 19.3 Å². The summed E-state index contributed by atoms with van der Waals surface area (Å²) in [5.41, 5.74) is 1.17. The van der Waals surface area contributed by atoms with Crippen LogP contribution in [0, 0.1) is 0 Å². The zero-order valence-corrected chi connectivity index (χ0v) is 12.6. The molecule has 0 aromatic heterocycles. The average molecular weight is 284 g/mol. The Morgan fingerprint density at radius 1 is 1.16 bits per heavy atom. The highest BCUT2D eigenvalue weighted by Crippen LogP contribution is 2.06. The number of unbranched alkanes of at least 4 members (excludes halogenated alkanes) is 1. The fraction of sp³-hybridized carbons (Fsp3) is 0.571. The summed E-state index contributed by atoms with van der Waals surface area (Å²) >= 11 is 0. The summed E-state index contributed by atoms with van der Waals surface area (Å²) in [5.74, 6) is 0.236. The van der Waals surface area contributed by atoms with Crippen molar-refractivity contribution in [3.05, 3.63) is 35.9 Å². The SMILES string of the molecule is CNCCCCS(=O)(=O)N(C)CCc1ccccc1. The smallest absolute Gasteiger partial charge is 0.213 e. The standard InChI is InChI=1S/C14H24N2O2S/c1-15-11-6-7-13-19(17,18)16(2)12-10-14-8-4-3-5-9-14/h3-5,8-9,15H,6-7,10-13H2,1-2H3. The van der Waals surface area contributed by atoms with Crippen LogP contribution in [0.5, 0.6) is 0 Å². The molecule has 0 spiro atoms. The zero-order chi connectivity index (χ0) is 14.1. The van der Waals surface area contributed by atoms with Crippen molar-refractivity contribution in [1.82, 2.24) is 9.62 Å². The molecule has 0 fully saturated rings. The molecule has 5 heteroatoms. The van der Waals surface area contributed by atoms with Crippen molar-refractivity contribution in [3.63, 3.8) is 0 Å². The minimum absolute atomic E-state index is 0.236. The maximum Gasteiger partial charge on any atom is 0.213 e. The number of sulfonamides is 1. The Kier molecular flexibility index (Phi) is 7.05. The lowest BCUT2D eigenvalue weighted by molar-refractivity contribution is 0.470. The first kappa shape index (κ1) is 16.1. The summed E-state index contributed by atoms with van der Waals surface area (Å²) < 4.78 is 25.5. The van der Waals surface area contributed by atoms with Crippen LogP contribution in [-0.2, 0) is 16.4 Å². The first-order valence-corrected chi connectivity index (χ1v) is 8.29.